The molecule has 0 radical (unpaired) electrons. The van der Waals surface area contributed by atoms with Crippen molar-refractivity contribution >= 4 is 10.4 Å². The third-order valence-electron chi connectivity index (χ3n) is 18.9. The minimum Gasteiger partial charge on any atom is -0.504 e. The van der Waals surface area contributed by atoms with Crippen LogP contribution in [-0.4, -0.2) is 162 Å². The normalized spacial score (nSPS) is 39.4. The van der Waals surface area contributed by atoms with Gasteiger partial charge >= 0.3 is 10.4 Å². The first-order valence-electron chi connectivity index (χ1n) is 24.6. The zero-order valence-corrected chi connectivity index (χ0v) is 40.8. The summed E-state index contributed by atoms with van der Waals surface area (Å²) in [5, 5.41) is 41.8. The molecule has 0 saturated carbocycles. The fourth-order valence-electron chi connectivity index (χ4n) is 16.0. The highest BCUT2D eigenvalue weighted by molar-refractivity contribution is 7.79. The van der Waals surface area contributed by atoms with Crippen LogP contribution in [0.1, 0.15) is 52.6 Å². The van der Waals surface area contributed by atoms with Gasteiger partial charge in [-0.3, -0.25) is 9.11 Å². The van der Waals surface area contributed by atoms with Gasteiger partial charge in [0.15, 0.2) is 34.5 Å². The van der Waals surface area contributed by atoms with E-state index in [0.717, 1.165) is 81.2 Å². The first-order chi connectivity index (χ1) is 33.5. The van der Waals surface area contributed by atoms with Crippen molar-refractivity contribution in [1.82, 2.24) is 14.7 Å². The predicted octanol–water partition coefficient (Wildman–Crippen LogP) is 3.55. The average molecular weight is 982 g/mol. The van der Waals surface area contributed by atoms with E-state index >= 15 is 0 Å². The molecular formula is C53H63N3O13S. The van der Waals surface area contributed by atoms with Crippen molar-refractivity contribution in [1.29, 1.82) is 0 Å². The van der Waals surface area contributed by atoms with E-state index in [4.69, 9.17) is 41.2 Å². The lowest BCUT2D eigenvalue weighted by Crippen LogP contribution is -2.64. The molecule has 374 valence electrons. The maximum atomic E-state index is 10.6. The molecular weight excluding hydrogens is 919 g/mol. The Morgan fingerprint density at radius 2 is 0.843 bits per heavy atom. The minimum absolute atomic E-state index is 0.0806. The summed E-state index contributed by atoms with van der Waals surface area (Å²) in [5.41, 5.74) is 7.50. The smallest absolute Gasteiger partial charge is 0.394 e. The van der Waals surface area contributed by atoms with Gasteiger partial charge in [-0.05, 0) is 114 Å². The highest BCUT2D eigenvalue weighted by Gasteiger charge is 2.67. The molecule has 3 fully saturated rings. The molecule has 70 heavy (non-hydrogen) atoms. The van der Waals surface area contributed by atoms with Crippen molar-refractivity contribution in [2.24, 2.45) is 17.8 Å². The number of hydrogen-bond donors (Lipinski definition) is 6. The summed E-state index contributed by atoms with van der Waals surface area (Å²) in [4.78, 5) is 7.38. The van der Waals surface area contributed by atoms with Crippen molar-refractivity contribution in [3.05, 3.63) is 106 Å². The molecule has 6 aliphatic carbocycles. The first kappa shape index (κ1) is 46.4. The largest absolute Gasteiger partial charge is 0.504 e. The number of ether oxygens (including phenoxy) is 5. The molecule has 6 heterocycles. The molecule has 0 aromatic heterocycles. The topological polar surface area (TPSA) is 211 Å². The average Bonchev–Trinajstić information content (AvgIpc) is 4.00. The molecule has 0 unspecified atom stereocenters. The van der Waals surface area contributed by atoms with Crippen LogP contribution in [0.15, 0.2) is 72.9 Å². The third-order valence-corrected chi connectivity index (χ3v) is 18.9. The number of rotatable bonds is 2. The molecule has 16 nitrogen and oxygen atoms in total. The lowest BCUT2D eigenvalue weighted by atomic mass is 9.53. The molecule has 3 spiro atoms. The Kier molecular flexibility index (Phi) is 10.7. The number of phenols is 1. The highest BCUT2D eigenvalue weighted by Crippen LogP contribution is 2.65. The van der Waals surface area contributed by atoms with E-state index in [1.54, 1.807) is 20.3 Å². The SMILES string of the molecule is CN1CC[C@]23c4c5ccc(O)c4O[C@H]2[C@@H](O)C=C[C@H]3[C@H]1C5.COc1ccc2c3c1O[C@H]1[C@@H](O)C=C[C@H]4[C@@H](C2)N(C)CC[C@@]341.COc1ccc2c3c1O[C@H]1[C@@H](O)C=C[C@H]4[C@@H](C2)N(C)CC[C@@]341.O=S(=O)(O)O. The fraction of sp³-hybridized carbons (Fsp3) is 0.547. The summed E-state index contributed by atoms with van der Waals surface area (Å²) in [6, 6.07) is 13.6. The summed E-state index contributed by atoms with van der Waals surface area (Å²) in [5.74, 6) is 5.37. The second kappa shape index (κ2) is 16.2. The van der Waals surface area contributed by atoms with Crippen molar-refractivity contribution in [3.8, 4) is 34.5 Å². The number of piperidine rings is 3. The Hall–Kier alpha value is -4.69. The van der Waals surface area contributed by atoms with Crippen molar-refractivity contribution in [2.75, 3.05) is 55.0 Å². The molecule has 3 saturated heterocycles. The standard InChI is InChI=1S/2C18H21NO3.C17H19NO3.H2O4S/c2*1-19-8-7-18-11-4-5-13(20)17(18)22-16-14(21-2)6-3-10(15(16)18)9-12(11)19;1-18-7-6-17-10-3-5-13(20)16(17)21-15-12(19)4-2-9(14(15)17)8-11(10)18;1-5(2,3)4/h2*3-6,11-13,17,20H,7-9H2,1-2H3;2-5,10-11,13,16,19-20H,6-8H2,1H3;(H2,1,2,3,4)/t2*11-,12+,13-,17-,18-;10-,11+,13-,16-,17-;/m000./s1. The highest BCUT2D eigenvalue weighted by atomic mass is 32.3. The number of aliphatic hydroxyl groups is 3. The van der Waals surface area contributed by atoms with Gasteiger partial charge in [0.05, 0.1) is 14.2 Å². The summed E-state index contributed by atoms with van der Waals surface area (Å²) in [6.07, 6.45) is 16.2. The van der Waals surface area contributed by atoms with Gasteiger partial charge < -0.3 is 58.8 Å². The van der Waals surface area contributed by atoms with E-state index in [2.05, 4.69) is 66.2 Å². The van der Waals surface area contributed by atoms with Crippen LogP contribution in [0, 0.1) is 17.8 Å². The zero-order chi connectivity index (χ0) is 49.0. The minimum atomic E-state index is -4.67. The van der Waals surface area contributed by atoms with E-state index in [0.29, 0.717) is 41.6 Å². The van der Waals surface area contributed by atoms with E-state index in [-0.39, 0.29) is 40.3 Å². The van der Waals surface area contributed by atoms with E-state index in [9.17, 15) is 20.4 Å². The Bertz CT molecular complexity index is 2730. The Balaban J connectivity index is 0.000000103. The number of likely N-dealkylation sites (N-methyl/N-ethyl adjacent to an activating group) is 3. The van der Waals surface area contributed by atoms with Gasteiger partial charge in [0, 0.05) is 68.8 Å². The predicted molar refractivity (Wildman–Crippen MR) is 257 cm³/mol. The Morgan fingerprint density at radius 1 is 0.529 bits per heavy atom. The summed E-state index contributed by atoms with van der Waals surface area (Å²) in [6.45, 7) is 3.12. The van der Waals surface area contributed by atoms with E-state index in [1.165, 1.54) is 33.4 Å². The van der Waals surface area contributed by atoms with Crippen LogP contribution in [0.2, 0.25) is 0 Å². The Labute approximate surface area is 408 Å². The van der Waals surface area contributed by atoms with Gasteiger partial charge in [0.25, 0.3) is 0 Å². The molecule has 15 atom stereocenters. The van der Waals surface area contributed by atoms with Gasteiger partial charge in [-0.1, -0.05) is 54.7 Å². The quantitative estimate of drug-likeness (QED) is 0.160. The molecule has 3 aromatic rings. The number of benzene rings is 3. The van der Waals surface area contributed by atoms with Crippen LogP contribution in [0.25, 0.3) is 0 Å². The molecule has 6 bridgehead atoms. The van der Waals surface area contributed by atoms with Crippen LogP contribution >= 0.6 is 0 Å². The van der Waals surface area contributed by atoms with Crippen LogP contribution in [-0.2, 0) is 45.9 Å². The van der Waals surface area contributed by atoms with Gasteiger partial charge in [-0.2, -0.15) is 8.42 Å². The van der Waals surface area contributed by atoms with Crippen LogP contribution < -0.4 is 23.7 Å². The van der Waals surface area contributed by atoms with Crippen LogP contribution in [0.4, 0.5) is 0 Å². The van der Waals surface area contributed by atoms with Gasteiger partial charge in [-0.25, -0.2) is 0 Å². The molecule has 6 N–H and O–H groups in total. The second-order valence-corrected chi connectivity index (χ2v) is 22.5. The number of nitrogens with zero attached hydrogens (tertiary/aromatic N) is 3. The molecule has 17 heteroatoms. The molecule has 3 aromatic carbocycles. The van der Waals surface area contributed by atoms with Crippen molar-refractivity contribution < 1.29 is 61.6 Å². The molecule has 6 aliphatic heterocycles. The number of aromatic hydroxyl groups is 1. The summed E-state index contributed by atoms with van der Waals surface area (Å²) in [7, 11) is 5.34. The van der Waals surface area contributed by atoms with Crippen LogP contribution in [0.3, 0.4) is 0 Å². The van der Waals surface area contributed by atoms with E-state index < -0.39 is 28.7 Å². The van der Waals surface area contributed by atoms with E-state index in [1.807, 2.05) is 36.4 Å². The maximum Gasteiger partial charge on any atom is 0.394 e. The number of methoxy groups -OCH3 is 2. The van der Waals surface area contributed by atoms with Crippen molar-refractivity contribution in [3.63, 3.8) is 0 Å². The summed E-state index contributed by atoms with van der Waals surface area (Å²) < 4.78 is 61.3. The van der Waals surface area contributed by atoms with Gasteiger partial charge in [-0.15, -0.1) is 0 Å². The fourth-order valence-corrected chi connectivity index (χ4v) is 16.0. The lowest BCUT2D eigenvalue weighted by molar-refractivity contribution is -0.0453. The lowest BCUT2D eigenvalue weighted by Gasteiger charge is -2.56. The first-order valence-corrected chi connectivity index (χ1v) is 26.0. The molecule has 12 aliphatic rings. The maximum absolute atomic E-state index is 10.6. The van der Waals surface area contributed by atoms with Crippen LogP contribution in [0.5, 0.6) is 34.5 Å². The molecule has 15 rings (SSSR count). The summed E-state index contributed by atoms with van der Waals surface area (Å²) >= 11 is 0. The Morgan fingerprint density at radius 3 is 1.19 bits per heavy atom. The van der Waals surface area contributed by atoms with Gasteiger partial charge in [0.2, 0.25) is 0 Å². The number of likely N-dealkylation sites (tertiary alicyclic amines) is 3. The second-order valence-electron chi connectivity index (χ2n) is 21.6. The monoisotopic (exact) mass is 981 g/mol. The zero-order valence-electron chi connectivity index (χ0n) is 40.0. The number of hydrogen-bond acceptors (Lipinski definition) is 14. The third kappa shape index (κ3) is 6.31. The van der Waals surface area contributed by atoms with Gasteiger partial charge in [0.1, 0.15) is 36.6 Å². The number of phenolic OH excluding ortho intramolecular Hbond substituents is 1. The number of aliphatic hydroxyl groups excluding tert-OH is 3. The molecule has 0 amide bonds. The van der Waals surface area contributed by atoms with Crippen molar-refractivity contribution in [2.45, 2.75) is 110 Å².